The van der Waals surface area contributed by atoms with E-state index in [4.69, 9.17) is 21.7 Å². The van der Waals surface area contributed by atoms with Crippen LogP contribution in [0.25, 0.3) is 6.08 Å². The lowest BCUT2D eigenvalue weighted by Gasteiger charge is -2.27. The highest BCUT2D eigenvalue weighted by Gasteiger charge is 2.21. The van der Waals surface area contributed by atoms with Gasteiger partial charge in [-0.2, -0.15) is 0 Å². The van der Waals surface area contributed by atoms with E-state index in [9.17, 15) is 9.59 Å². The Hall–Kier alpha value is -3.23. The summed E-state index contributed by atoms with van der Waals surface area (Å²) in [5.41, 5.74) is 1.89. The molecule has 2 aromatic rings. The van der Waals surface area contributed by atoms with Crippen molar-refractivity contribution in [2.24, 2.45) is 0 Å². The number of anilines is 1. The molecule has 1 aliphatic heterocycles. The lowest BCUT2D eigenvalue weighted by molar-refractivity contribution is -0.115. The predicted molar refractivity (Wildman–Crippen MR) is 124 cm³/mol. The number of carbonyl (C=O) groups excluding carboxylic acids is 2. The van der Waals surface area contributed by atoms with E-state index < -0.39 is 0 Å². The van der Waals surface area contributed by atoms with E-state index in [1.165, 1.54) is 6.08 Å². The number of carbonyl (C=O) groups is 2. The van der Waals surface area contributed by atoms with Crippen LogP contribution in [0.15, 0.2) is 54.6 Å². The maximum Gasteiger partial charge on any atom is 0.256 e. The van der Waals surface area contributed by atoms with Crippen LogP contribution in [0.2, 0.25) is 0 Å². The van der Waals surface area contributed by atoms with Crippen molar-refractivity contribution in [1.29, 1.82) is 0 Å². The quantitative estimate of drug-likeness (QED) is 0.532. The second-order valence-corrected chi connectivity index (χ2v) is 7.14. The minimum absolute atomic E-state index is 0.101. The normalized spacial score (nSPS) is 13.6. The first-order valence-electron chi connectivity index (χ1n) is 10.1. The number of morpholine rings is 1. The van der Waals surface area contributed by atoms with Crippen LogP contribution in [0, 0.1) is 0 Å². The van der Waals surface area contributed by atoms with Gasteiger partial charge in [-0.15, -0.1) is 0 Å². The van der Waals surface area contributed by atoms with Crippen LogP contribution < -0.4 is 15.4 Å². The third-order valence-electron chi connectivity index (χ3n) is 4.56. The van der Waals surface area contributed by atoms with Gasteiger partial charge in [-0.3, -0.25) is 14.9 Å². The van der Waals surface area contributed by atoms with E-state index in [0.717, 1.165) is 11.3 Å². The first kappa shape index (κ1) is 22.5. The number of para-hydroxylation sites is 1. The van der Waals surface area contributed by atoms with Gasteiger partial charge in [-0.25, -0.2) is 0 Å². The average molecular weight is 440 g/mol. The van der Waals surface area contributed by atoms with Gasteiger partial charge in [-0.05, 0) is 55.0 Å². The van der Waals surface area contributed by atoms with Gasteiger partial charge in [0.25, 0.3) is 5.91 Å². The van der Waals surface area contributed by atoms with E-state index in [1.54, 1.807) is 35.2 Å². The first-order chi connectivity index (χ1) is 15.1. The molecule has 8 heteroatoms. The Labute approximate surface area is 187 Å². The molecular formula is C23H25N3O4S. The highest BCUT2D eigenvalue weighted by Crippen LogP contribution is 2.18. The summed E-state index contributed by atoms with van der Waals surface area (Å²) in [4.78, 5) is 26.8. The standard InChI is InChI=1S/C23H25N3O4S/c1-2-30-18-10-7-17(8-11-18)9-12-21(27)25-23(31)24-20-6-4-3-5-19(20)22(28)26-13-15-29-16-14-26/h3-12H,2,13-16H2,1H3,(H2,24,25,27,31)/b12-9+. The van der Waals surface area contributed by atoms with E-state index in [1.807, 2.05) is 31.2 Å². The number of nitrogens with one attached hydrogen (secondary N) is 2. The molecule has 0 unspecified atom stereocenters. The molecule has 0 aromatic heterocycles. The monoisotopic (exact) mass is 439 g/mol. The number of ether oxygens (including phenoxy) is 2. The molecule has 1 saturated heterocycles. The SMILES string of the molecule is CCOc1ccc(/C=C/C(=O)NC(=S)Nc2ccccc2C(=O)N2CCOCC2)cc1. The Morgan fingerprint density at radius 3 is 2.55 bits per heavy atom. The lowest BCUT2D eigenvalue weighted by Crippen LogP contribution is -2.41. The number of benzene rings is 2. The van der Waals surface area contributed by atoms with Crippen molar-refractivity contribution in [2.75, 3.05) is 38.2 Å². The number of amides is 2. The van der Waals surface area contributed by atoms with E-state index in [0.29, 0.717) is 44.2 Å². The van der Waals surface area contributed by atoms with Crippen LogP contribution >= 0.6 is 12.2 Å². The lowest BCUT2D eigenvalue weighted by atomic mass is 10.1. The minimum Gasteiger partial charge on any atom is -0.494 e. The number of hydrogen-bond donors (Lipinski definition) is 2. The van der Waals surface area contributed by atoms with Gasteiger partial charge in [0.2, 0.25) is 5.91 Å². The third-order valence-corrected chi connectivity index (χ3v) is 4.76. The molecule has 1 fully saturated rings. The Kier molecular flexibility index (Phi) is 8.14. The summed E-state index contributed by atoms with van der Waals surface area (Å²) in [5.74, 6) is 0.305. The largest absolute Gasteiger partial charge is 0.494 e. The van der Waals surface area contributed by atoms with Crippen molar-refractivity contribution in [2.45, 2.75) is 6.92 Å². The molecule has 2 amide bonds. The highest BCUT2D eigenvalue weighted by atomic mass is 32.1. The smallest absolute Gasteiger partial charge is 0.256 e. The van der Waals surface area contributed by atoms with Crippen molar-refractivity contribution >= 4 is 40.9 Å². The van der Waals surface area contributed by atoms with Crippen LogP contribution in [0.5, 0.6) is 5.75 Å². The number of hydrogen-bond acceptors (Lipinski definition) is 5. The fourth-order valence-electron chi connectivity index (χ4n) is 3.04. The molecule has 31 heavy (non-hydrogen) atoms. The summed E-state index contributed by atoms with van der Waals surface area (Å²) in [6.07, 6.45) is 3.08. The molecule has 0 atom stereocenters. The maximum absolute atomic E-state index is 12.8. The fourth-order valence-corrected chi connectivity index (χ4v) is 3.25. The summed E-state index contributed by atoms with van der Waals surface area (Å²) in [7, 11) is 0. The van der Waals surface area contributed by atoms with Crippen LogP contribution in [-0.4, -0.2) is 54.7 Å². The van der Waals surface area contributed by atoms with Gasteiger partial charge in [0.15, 0.2) is 5.11 Å². The zero-order chi connectivity index (χ0) is 22.1. The summed E-state index contributed by atoms with van der Waals surface area (Å²) in [6.45, 7) is 4.66. The molecule has 3 rings (SSSR count). The Balaban J connectivity index is 1.57. The van der Waals surface area contributed by atoms with E-state index in [-0.39, 0.29) is 16.9 Å². The summed E-state index contributed by atoms with van der Waals surface area (Å²) >= 11 is 5.25. The van der Waals surface area contributed by atoms with Crippen molar-refractivity contribution in [1.82, 2.24) is 10.2 Å². The van der Waals surface area contributed by atoms with E-state index >= 15 is 0 Å². The van der Waals surface area contributed by atoms with E-state index in [2.05, 4.69) is 10.6 Å². The average Bonchev–Trinajstić information content (AvgIpc) is 2.79. The Bertz CT molecular complexity index is 954. The summed E-state index contributed by atoms with van der Waals surface area (Å²) in [6, 6.07) is 14.5. The second-order valence-electron chi connectivity index (χ2n) is 6.73. The molecule has 0 aliphatic carbocycles. The third kappa shape index (κ3) is 6.63. The molecule has 1 aliphatic rings. The number of thiocarbonyl (C=S) groups is 1. The predicted octanol–water partition coefficient (Wildman–Crippen LogP) is 3.08. The van der Waals surface area contributed by atoms with Crippen molar-refractivity contribution < 1.29 is 19.1 Å². The summed E-state index contributed by atoms with van der Waals surface area (Å²) < 4.78 is 10.7. The molecule has 0 bridgehead atoms. The molecule has 7 nitrogen and oxygen atoms in total. The molecule has 0 spiro atoms. The van der Waals surface area contributed by atoms with Gasteiger partial charge in [-0.1, -0.05) is 24.3 Å². The highest BCUT2D eigenvalue weighted by molar-refractivity contribution is 7.80. The molecule has 2 N–H and O–H groups in total. The minimum atomic E-state index is -0.372. The molecule has 0 radical (unpaired) electrons. The van der Waals surface area contributed by atoms with Crippen molar-refractivity contribution in [3.8, 4) is 5.75 Å². The van der Waals surface area contributed by atoms with Crippen LogP contribution in [0.3, 0.4) is 0 Å². The van der Waals surface area contributed by atoms with Crippen LogP contribution in [0.1, 0.15) is 22.8 Å². The van der Waals surface area contributed by atoms with Crippen LogP contribution in [0.4, 0.5) is 5.69 Å². The molecule has 162 valence electrons. The Morgan fingerprint density at radius 1 is 1.13 bits per heavy atom. The molecule has 0 saturated carbocycles. The first-order valence-corrected chi connectivity index (χ1v) is 10.5. The van der Waals surface area contributed by atoms with Gasteiger partial charge in [0.1, 0.15) is 5.75 Å². The summed E-state index contributed by atoms with van der Waals surface area (Å²) in [5, 5.41) is 5.67. The van der Waals surface area contributed by atoms with Crippen molar-refractivity contribution in [3.05, 3.63) is 65.7 Å². The zero-order valence-corrected chi connectivity index (χ0v) is 18.1. The molecular weight excluding hydrogens is 414 g/mol. The van der Waals surface area contributed by atoms with Gasteiger partial charge in [0.05, 0.1) is 31.1 Å². The van der Waals surface area contributed by atoms with Crippen LogP contribution in [-0.2, 0) is 9.53 Å². The van der Waals surface area contributed by atoms with Gasteiger partial charge in [0, 0.05) is 19.2 Å². The Morgan fingerprint density at radius 2 is 1.84 bits per heavy atom. The second kappa shape index (κ2) is 11.2. The zero-order valence-electron chi connectivity index (χ0n) is 17.3. The topological polar surface area (TPSA) is 79.9 Å². The fraction of sp³-hybridized carbons (Fsp3) is 0.261. The van der Waals surface area contributed by atoms with Gasteiger partial charge < -0.3 is 19.7 Å². The molecule has 1 heterocycles. The number of rotatable bonds is 6. The maximum atomic E-state index is 12.8. The van der Waals surface area contributed by atoms with Gasteiger partial charge >= 0.3 is 0 Å². The number of nitrogens with zero attached hydrogens (tertiary/aromatic N) is 1. The molecule has 2 aromatic carbocycles. The van der Waals surface area contributed by atoms with Crippen molar-refractivity contribution in [3.63, 3.8) is 0 Å².